The highest BCUT2D eigenvalue weighted by Crippen LogP contribution is 2.62. The molecule has 2 aliphatic carbocycles. The van der Waals surface area contributed by atoms with Gasteiger partial charge in [0.05, 0.1) is 37.5 Å². The summed E-state index contributed by atoms with van der Waals surface area (Å²) in [6.45, 7) is 6.98. The lowest BCUT2D eigenvalue weighted by Crippen LogP contribution is -2.69. The molecule has 6 unspecified atom stereocenters. The van der Waals surface area contributed by atoms with Gasteiger partial charge >= 0.3 is 0 Å². The molecule has 62 heavy (non-hydrogen) atoms. The highest BCUT2D eigenvalue weighted by Gasteiger charge is 2.65. The molecule has 3 aromatic carbocycles. The number of aromatic nitrogens is 1. The zero-order chi connectivity index (χ0) is 43.5. The molecule has 0 radical (unpaired) electrons. The molecular formula is C51H61N3O8. The highest BCUT2D eigenvalue weighted by molar-refractivity contribution is 6.03. The number of allylic oxidation sites excluding steroid dienone is 1. The number of hydrogen-bond donors (Lipinski definition) is 2. The minimum absolute atomic E-state index is 0.0834. The molecule has 3 aliphatic rings. The summed E-state index contributed by atoms with van der Waals surface area (Å²) < 4.78 is 26.3. The number of aryl methyl sites for hydroxylation is 1. The van der Waals surface area contributed by atoms with E-state index in [1.54, 1.807) is 18.1 Å². The van der Waals surface area contributed by atoms with Gasteiger partial charge in [-0.15, -0.1) is 6.58 Å². The fourth-order valence-electron chi connectivity index (χ4n) is 9.67. The van der Waals surface area contributed by atoms with Gasteiger partial charge in [0, 0.05) is 43.9 Å². The maximum absolute atomic E-state index is 14.6. The Bertz CT molecular complexity index is 2190. The first-order valence-electron chi connectivity index (χ1n) is 22.0. The summed E-state index contributed by atoms with van der Waals surface area (Å²) in [6.07, 6.45) is 9.23. The number of carbonyl (C=O) groups is 1. The lowest BCUT2D eigenvalue weighted by molar-refractivity contribution is -0.255. The van der Waals surface area contributed by atoms with Crippen LogP contribution in [0.3, 0.4) is 0 Å². The number of ether oxygens (including phenoxy) is 4. The summed E-state index contributed by atoms with van der Waals surface area (Å²) in [5, 5.41) is 24.8. The molecule has 7 rings (SSSR count). The van der Waals surface area contributed by atoms with Gasteiger partial charge in [0.2, 0.25) is 11.7 Å². The van der Waals surface area contributed by atoms with E-state index in [9.17, 15) is 15.0 Å². The van der Waals surface area contributed by atoms with E-state index in [2.05, 4.69) is 23.7 Å². The normalized spacial score (nSPS) is 23.0. The van der Waals surface area contributed by atoms with Crippen molar-refractivity contribution in [3.05, 3.63) is 143 Å². The van der Waals surface area contributed by atoms with Gasteiger partial charge in [-0.05, 0) is 104 Å². The zero-order valence-electron chi connectivity index (χ0n) is 36.3. The fourth-order valence-corrected chi connectivity index (χ4v) is 9.67. The Balaban J connectivity index is 1.38. The molecule has 1 aliphatic heterocycles. The van der Waals surface area contributed by atoms with Crippen molar-refractivity contribution in [1.82, 2.24) is 9.88 Å². The number of hydrogen-bond acceptors (Lipinski definition) is 10. The fraction of sp³-hybridized carbons (Fsp3) is 0.431. The van der Waals surface area contributed by atoms with E-state index < -0.39 is 17.7 Å². The molecule has 11 heteroatoms. The number of rotatable bonds is 21. The van der Waals surface area contributed by atoms with Gasteiger partial charge in [0.1, 0.15) is 36.5 Å². The number of nitrogens with zero attached hydrogens (tertiary/aromatic N) is 3. The summed E-state index contributed by atoms with van der Waals surface area (Å²) >= 11 is 0. The van der Waals surface area contributed by atoms with Crippen LogP contribution in [0.5, 0.6) is 17.2 Å². The summed E-state index contributed by atoms with van der Waals surface area (Å²) in [4.78, 5) is 27.2. The summed E-state index contributed by atoms with van der Waals surface area (Å²) in [5.41, 5.74) is 6.28. The van der Waals surface area contributed by atoms with Gasteiger partial charge in [0.15, 0.2) is 0 Å². The molecular weight excluding hydrogens is 783 g/mol. The molecule has 11 nitrogen and oxygen atoms in total. The Kier molecular flexibility index (Phi) is 15.1. The molecule has 0 spiro atoms. The van der Waals surface area contributed by atoms with Crippen molar-refractivity contribution >= 4 is 11.6 Å². The van der Waals surface area contributed by atoms with Crippen molar-refractivity contribution in [2.24, 2.45) is 22.9 Å². The number of oxime groups is 1. The molecule has 0 bridgehead atoms. The van der Waals surface area contributed by atoms with E-state index in [0.29, 0.717) is 43.1 Å². The van der Waals surface area contributed by atoms with Crippen molar-refractivity contribution in [2.45, 2.75) is 89.3 Å². The maximum atomic E-state index is 14.6. The third-order valence-electron chi connectivity index (χ3n) is 12.6. The second-order valence-electron chi connectivity index (χ2n) is 16.6. The van der Waals surface area contributed by atoms with E-state index in [1.165, 1.54) is 0 Å². The number of amides is 1. The summed E-state index contributed by atoms with van der Waals surface area (Å²) in [6, 6.07) is 28.8. The van der Waals surface area contributed by atoms with E-state index >= 15 is 0 Å². The number of unbranched alkanes of at least 4 members (excludes halogenated alkanes) is 2. The van der Waals surface area contributed by atoms with Crippen LogP contribution in [0.15, 0.2) is 120 Å². The van der Waals surface area contributed by atoms with Gasteiger partial charge in [-0.1, -0.05) is 78.7 Å². The van der Waals surface area contributed by atoms with Gasteiger partial charge in [-0.25, -0.2) is 0 Å². The number of aliphatic hydroxyl groups is 2. The predicted octanol–water partition coefficient (Wildman–Crippen LogP) is 8.51. The van der Waals surface area contributed by atoms with Gasteiger partial charge in [-0.3, -0.25) is 9.78 Å². The molecule has 1 aromatic heterocycles. The number of aliphatic hydroxyl groups excluding tert-OH is 2. The first-order chi connectivity index (χ1) is 30.3. The summed E-state index contributed by atoms with van der Waals surface area (Å²) in [5.74, 6) is 0.148. The average Bonchev–Trinajstić information content (AvgIpc) is 3.29. The molecule has 328 valence electrons. The number of pyridine rings is 1. The van der Waals surface area contributed by atoms with Crippen LogP contribution in [0, 0.1) is 24.7 Å². The quantitative estimate of drug-likeness (QED) is 0.0482. The largest absolute Gasteiger partial charge is 0.497 e. The average molecular weight is 844 g/mol. The minimum atomic E-state index is -1.35. The smallest absolute Gasteiger partial charge is 0.239 e. The number of likely N-dealkylation sites (N-methyl/N-ethyl adjacent to an activating group) is 1. The lowest BCUT2D eigenvalue weighted by atomic mass is 9.55. The molecule has 1 fully saturated rings. The van der Waals surface area contributed by atoms with E-state index in [1.807, 2.05) is 98.9 Å². The first-order valence-corrected chi connectivity index (χ1v) is 22.0. The monoisotopic (exact) mass is 843 g/mol. The molecule has 6 atom stereocenters. The van der Waals surface area contributed by atoms with E-state index in [4.69, 9.17) is 28.9 Å². The maximum Gasteiger partial charge on any atom is 0.239 e. The van der Waals surface area contributed by atoms with E-state index in [0.717, 1.165) is 65.0 Å². The van der Waals surface area contributed by atoms with Crippen LogP contribution in [0.25, 0.3) is 0 Å². The van der Waals surface area contributed by atoms with Crippen LogP contribution in [0.2, 0.25) is 0 Å². The Labute approximate surface area is 366 Å². The van der Waals surface area contributed by atoms with Gasteiger partial charge in [-0.2, -0.15) is 0 Å². The van der Waals surface area contributed by atoms with Crippen LogP contribution < -0.4 is 14.2 Å². The molecule has 4 aromatic rings. The van der Waals surface area contributed by atoms with Crippen molar-refractivity contribution < 1.29 is 38.8 Å². The number of fused-ring (bicyclic) bond motifs is 2. The Morgan fingerprint density at radius 1 is 0.935 bits per heavy atom. The molecule has 1 saturated carbocycles. The second kappa shape index (κ2) is 21.1. The molecule has 0 saturated heterocycles. The number of methoxy groups -OCH3 is 1. The van der Waals surface area contributed by atoms with Crippen LogP contribution in [0.4, 0.5) is 0 Å². The SMILES string of the molecule is C=CCOC12Oc3ccc(OCc4cccc(C)n4)cc3C3C(CCCCO)C(CCCCO)C=C(C(=NOCc4ccccc4)CC1N(C)C(=O)Cc1cccc(OC)c1)C32. The predicted molar refractivity (Wildman–Crippen MR) is 239 cm³/mol. The third kappa shape index (κ3) is 10.1. The van der Waals surface area contributed by atoms with Crippen molar-refractivity contribution in [1.29, 1.82) is 0 Å². The lowest BCUT2D eigenvalue weighted by Gasteiger charge is -2.59. The van der Waals surface area contributed by atoms with Gasteiger partial charge in [0.25, 0.3) is 0 Å². The topological polar surface area (TPSA) is 132 Å². The summed E-state index contributed by atoms with van der Waals surface area (Å²) in [7, 11) is 3.44. The Hall–Kier alpha value is -5.49. The van der Waals surface area contributed by atoms with Crippen LogP contribution >= 0.6 is 0 Å². The van der Waals surface area contributed by atoms with Crippen molar-refractivity contribution in [2.75, 3.05) is 34.0 Å². The van der Waals surface area contributed by atoms with Crippen LogP contribution in [-0.4, -0.2) is 77.5 Å². The minimum Gasteiger partial charge on any atom is -0.497 e. The third-order valence-corrected chi connectivity index (χ3v) is 12.6. The van der Waals surface area contributed by atoms with E-state index in [-0.39, 0.29) is 56.5 Å². The van der Waals surface area contributed by atoms with Crippen molar-refractivity contribution in [3.63, 3.8) is 0 Å². The Morgan fingerprint density at radius 3 is 2.47 bits per heavy atom. The standard InChI is InChI=1S/C51H61N3O8/c1-5-27-60-51-47(54(3)48(57)29-37-18-14-21-40(28-37)58-4)32-45(53-61-33-36-16-7-6-8-17-36)43-30-38(19-9-11-25-55)42(22-10-12-26-56)49(50(43)51)44-31-41(23-24-46(44)62-51)59-34-39-20-13-15-35(2)52-39/h5-8,13-18,20-21,23-24,28,30-31,38,42,47,49-50,55-56H,1,9-12,19,22,25-27,29,32-34H2,2-4H3. The number of benzene rings is 3. The van der Waals surface area contributed by atoms with Crippen LogP contribution in [-0.2, 0) is 34.0 Å². The highest BCUT2D eigenvalue weighted by atomic mass is 16.7. The first kappa shape index (κ1) is 44.6. The Morgan fingerprint density at radius 2 is 1.71 bits per heavy atom. The number of carbonyl (C=O) groups excluding carboxylic acids is 1. The van der Waals surface area contributed by atoms with Gasteiger partial charge < -0.3 is 38.9 Å². The molecule has 1 amide bonds. The zero-order valence-corrected chi connectivity index (χ0v) is 36.3. The van der Waals surface area contributed by atoms with Crippen LogP contribution in [0.1, 0.15) is 78.9 Å². The molecule has 2 heterocycles. The second-order valence-corrected chi connectivity index (χ2v) is 16.6. The van der Waals surface area contributed by atoms with Crippen molar-refractivity contribution in [3.8, 4) is 17.2 Å². The molecule has 2 N–H and O–H groups in total.